The average Bonchev–Trinajstić information content (AvgIpc) is 3.50. The minimum Gasteiger partial charge on any atom is -0.395 e. The molecular weight excluding hydrogens is 1100 g/mol. The molecule has 21 fully saturated rings. The molecule has 21 saturated heterocycles. The maximum absolute atomic E-state index is 11.6. The van der Waals surface area contributed by atoms with Gasteiger partial charge in [-0.05, 0) is 0 Å². The summed E-state index contributed by atoms with van der Waals surface area (Å²) in [6.07, 6.45) is -69.6. The summed E-state index contributed by atoms with van der Waals surface area (Å²) in [6, 6.07) is 0. The van der Waals surface area contributed by atoms with Crippen molar-refractivity contribution in [2.24, 2.45) is 0 Å². The fraction of sp³-hybridized carbons (Fsp3) is 1.00. The van der Waals surface area contributed by atoms with Crippen molar-refractivity contribution in [3.8, 4) is 0 Å². The highest BCUT2D eigenvalue weighted by Crippen LogP contribution is 2.39. The fourth-order valence-electron chi connectivity index (χ4n) is 10.8. The van der Waals surface area contributed by atoms with E-state index in [0.29, 0.717) is 0 Å². The summed E-state index contributed by atoms with van der Waals surface area (Å²) in [4.78, 5) is 0. The van der Waals surface area contributed by atoms with Crippen molar-refractivity contribution in [3.05, 3.63) is 0 Å². The topological polar surface area (TPSA) is 566 Å². The van der Waals surface area contributed by atoms with Gasteiger partial charge in [0.05, 0.1) is 46.2 Å². The molecular formula is C44H75NO35. The van der Waals surface area contributed by atoms with Gasteiger partial charge in [0, 0.05) is 13.1 Å². The van der Waals surface area contributed by atoms with Gasteiger partial charge in [-0.25, -0.2) is 0 Å². The number of aliphatic hydroxyl groups is 21. The van der Waals surface area contributed by atoms with Crippen LogP contribution in [0.25, 0.3) is 0 Å². The SMILES string of the molecule is OCCNC[C@H]1O[C@@H]2O[C@H]3[C@H](O)[C@H](O)[C@@H](O[C@H]4[C@H](O)[C@H](O)[C@@H](O[C@H]5[C@H](O)[C@@H](O)[C@@H](O[C@H]6[C@H](O)[C@@H](O)[C@@H](O[C@H]7[C@H](O)[C@@H](O)[C@@H](O[C@H]8[C@H](O)[C@@H](O)[C@@H](O[C@H]1[C@H](O)[C@H]2O)O[C@@H]8CO)O[C@@H]7CO)O[C@@H]6CO)O[C@@H]5CO)O[C@@H]4CO)O[C@@H]3CO. The van der Waals surface area contributed by atoms with Gasteiger partial charge in [-0.2, -0.15) is 0 Å². The number of hydrogen-bond acceptors (Lipinski definition) is 36. The van der Waals surface area contributed by atoms with Crippen LogP contribution in [-0.2, 0) is 66.3 Å². The molecule has 0 spiro atoms. The molecule has 0 aromatic rings. The van der Waals surface area contributed by atoms with E-state index in [1.807, 2.05) is 0 Å². The van der Waals surface area contributed by atoms with Crippen LogP contribution in [0.15, 0.2) is 0 Å². The summed E-state index contributed by atoms with van der Waals surface area (Å²) in [5, 5.41) is 234. The van der Waals surface area contributed by atoms with Crippen molar-refractivity contribution >= 4 is 0 Å². The Morgan fingerprint density at radius 1 is 0.212 bits per heavy atom. The minimum atomic E-state index is -2.21. The van der Waals surface area contributed by atoms with Crippen LogP contribution in [0.2, 0.25) is 0 Å². The van der Waals surface area contributed by atoms with Gasteiger partial charge < -0.3 is 179 Å². The van der Waals surface area contributed by atoms with Gasteiger partial charge in [-0.3, -0.25) is 0 Å². The summed E-state index contributed by atoms with van der Waals surface area (Å²) in [5.74, 6) is 0. The van der Waals surface area contributed by atoms with E-state index in [0.717, 1.165) is 0 Å². The van der Waals surface area contributed by atoms with Crippen molar-refractivity contribution < 1.29 is 174 Å². The largest absolute Gasteiger partial charge is 0.395 e. The van der Waals surface area contributed by atoms with Crippen molar-refractivity contribution in [2.75, 3.05) is 59.3 Å². The Labute approximate surface area is 452 Å². The molecule has 36 heteroatoms. The first-order chi connectivity index (χ1) is 38.2. The zero-order chi connectivity index (χ0) is 58.2. The lowest BCUT2D eigenvalue weighted by atomic mass is 9.95. The average molecular weight is 1180 g/mol. The van der Waals surface area contributed by atoms with E-state index in [2.05, 4.69) is 5.32 Å². The predicted molar refractivity (Wildman–Crippen MR) is 241 cm³/mol. The van der Waals surface area contributed by atoms with E-state index in [-0.39, 0.29) is 13.1 Å². The number of hydrogen-bond donors (Lipinski definition) is 22. The zero-order valence-electron chi connectivity index (χ0n) is 42.2. The third-order valence-electron chi connectivity index (χ3n) is 15.2. The second-order valence-electron chi connectivity index (χ2n) is 20.4. The fourth-order valence-corrected chi connectivity index (χ4v) is 10.8. The van der Waals surface area contributed by atoms with E-state index in [1.54, 1.807) is 0 Å². The molecule has 0 aliphatic carbocycles. The molecule has 21 aliphatic heterocycles. The molecule has 21 aliphatic rings. The maximum Gasteiger partial charge on any atom is 0.187 e. The Kier molecular flexibility index (Phi) is 22.5. The molecule has 0 aromatic carbocycles. The molecule has 0 unspecified atom stereocenters. The second-order valence-corrected chi connectivity index (χ2v) is 20.4. The number of aliphatic hydroxyl groups excluding tert-OH is 21. The van der Waals surface area contributed by atoms with Gasteiger partial charge in [-0.1, -0.05) is 0 Å². The molecule has 21 heterocycles. The van der Waals surface area contributed by atoms with E-state index in [1.165, 1.54) is 0 Å². The Balaban J connectivity index is 1.09. The quantitative estimate of drug-likeness (QED) is 0.0903. The number of nitrogens with one attached hydrogen (secondary N) is 1. The van der Waals surface area contributed by atoms with Crippen LogP contribution in [-0.4, -0.2) is 382 Å². The van der Waals surface area contributed by atoms with Gasteiger partial charge >= 0.3 is 0 Å². The lowest BCUT2D eigenvalue weighted by Crippen LogP contribution is -2.68. The molecule has 0 amide bonds. The standard InChI is InChI=1S/C44H75NO35/c46-2-1-45-3-10-31-17(53)24(60)38(67-10)75-32-11(4-47)69-40(26(62)19(32)55)77-34-13(6-49)71-42(28(64)21(34)57)79-36-15(8-51)73-44(30(66)23(36)59)80-37-16(9-52)72-43(29(65)22(37)58)78-35-14(7-50)70-41(27(63)20(35)56)76-33-12(5-48)68-39(74-31)25(61)18(33)54/h10-66H,1-9H2/t10-,11-,12-,13-,14-,15-,16-,17-,18-,19-,20-,21-,22-,23-,24-,25-,26+,27-,28+,29-,30-,31-,32-,33-,34-,35-,36-,37-,38-,39-,40-,41-,42-,43-,44-/m1/s1. The van der Waals surface area contributed by atoms with Gasteiger partial charge in [0.1, 0.15) is 171 Å². The van der Waals surface area contributed by atoms with Crippen LogP contribution in [0, 0.1) is 0 Å². The highest BCUT2D eigenvalue weighted by atomic mass is 16.8. The molecule has 21 rings (SSSR count). The third-order valence-corrected chi connectivity index (χ3v) is 15.2. The van der Waals surface area contributed by atoms with Crippen molar-refractivity contribution in [2.45, 2.75) is 215 Å². The monoisotopic (exact) mass is 1180 g/mol. The summed E-state index contributed by atoms with van der Waals surface area (Å²) in [5.41, 5.74) is 0. The van der Waals surface area contributed by atoms with Crippen molar-refractivity contribution in [1.29, 1.82) is 0 Å². The Morgan fingerprint density at radius 2 is 0.375 bits per heavy atom. The molecule has 35 atom stereocenters. The summed E-state index contributed by atoms with van der Waals surface area (Å²) in [6.45, 7) is -7.12. The first kappa shape index (κ1) is 64.6. The number of ether oxygens (including phenoxy) is 14. The van der Waals surface area contributed by atoms with Gasteiger partial charge in [-0.15, -0.1) is 0 Å². The summed E-state index contributed by atoms with van der Waals surface area (Å²) >= 11 is 0. The van der Waals surface area contributed by atoms with Crippen LogP contribution < -0.4 is 5.32 Å². The van der Waals surface area contributed by atoms with Gasteiger partial charge in [0.15, 0.2) is 44.0 Å². The normalized spacial score (nSPS) is 53.7. The Bertz CT molecular complexity index is 1880. The maximum atomic E-state index is 11.6. The smallest absolute Gasteiger partial charge is 0.187 e. The first-order valence-electron chi connectivity index (χ1n) is 25.8. The molecule has 0 aromatic heterocycles. The molecule has 80 heavy (non-hydrogen) atoms. The lowest BCUT2D eigenvalue weighted by Gasteiger charge is -2.50. The van der Waals surface area contributed by atoms with E-state index in [4.69, 9.17) is 66.3 Å². The first-order valence-corrected chi connectivity index (χ1v) is 25.8. The van der Waals surface area contributed by atoms with Crippen LogP contribution in [0.1, 0.15) is 0 Å². The van der Waals surface area contributed by atoms with Gasteiger partial charge in [0.2, 0.25) is 0 Å². The van der Waals surface area contributed by atoms with Crippen LogP contribution in [0.3, 0.4) is 0 Å². The highest BCUT2D eigenvalue weighted by Gasteiger charge is 2.59. The molecule has 466 valence electrons. The predicted octanol–water partition coefficient (Wildman–Crippen LogP) is -15.6. The van der Waals surface area contributed by atoms with E-state index >= 15 is 0 Å². The van der Waals surface area contributed by atoms with Crippen molar-refractivity contribution in [3.63, 3.8) is 0 Å². The molecule has 22 N–H and O–H groups in total. The van der Waals surface area contributed by atoms with Crippen LogP contribution in [0.5, 0.6) is 0 Å². The zero-order valence-corrected chi connectivity index (χ0v) is 42.2. The molecule has 14 bridgehead atoms. The minimum absolute atomic E-state index is 0.0951. The van der Waals surface area contributed by atoms with Crippen molar-refractivity contribution in [1.82, 2.24) is 5.32 Å². The van der Waals surface area contributed by atoms with Crippen LogP contribution >= 0.6 is 0 Å². The van der Waals surface area contributed by atoms with Crippen LogP contribution in [0.4, 0.5) is 0 Å². The Morgan fingerprint density at radius 3 is 0.537 bits per heavy atom. The molecule has 36 nitrogen and oxygen atoms in total. The van der Waals surface area contributed by atoms with E-state index in [9.17, 15) is 107 Å². The Hall–Kier alpha value is -1.44. The molecule has 0 radical (unpaired) electrons. The summed E-state index contributed by atoms with van der Waals surface area (Å²) in [7, 11) is 0. The summed E-state index contributed by atoms with van der Waals surface area (Å²) < 4.78 is 80.5. The lowest BCUT2D eigenvalue weighted by molar-refractivity contribution is -0.396. The van der Waals surface area contributed by atoms with E-state index < -0.39 is 261 Å². The third kappa shape index (κ3) is 13.0. The van der Waals surface area contributed by atoms with Gasteiger partial charge in [0.25, 0.3) is 0 Å². The number of rotatable bonds is 10. The molecule has 0 saturated carbocycles. The highest BCUT2D eigenvalue weighted by molar-refractivity contribution is 5.02. The second kappa shape index (κ2) is 27.9.